The summed E-state index contributed by atoms with van der Waals surface area (Å²) in [5.41, 5.74) is 8.06. The smallest absolute Gasteiger partial charge is 0.253 e. The number of ether oxygens (including phenoxy) is 1. The third-order valence-electron chi connectivity index (χ3n) is 4.50. The summed E-state index contributed by atoms with van der Waals surface area (Å²) in [5, 5.41) is 0. The topological polar surface area (TPSA) is 58.8 Å². The fourth-order valence-electron chi connectivity index (χ4n) is 2.99. The van der Waals surface area contributed by atoms with Crippen LogP contribution in [0.2, 0.25) is 0 Å². The van der Waals surface area contributed by atoms with Crippen molar-refractivity contribution in [1.82, 2.24) is 4.90 Å². The summed E-state index contributed by atoms with van der Waals surface area (Å²) in [6.45, 7) is 3.00. The van der Waals surface area contributed by atoms with Crippen molar-refractivity contribution < 1.29 is 13.9 Å². The molecule has 0 bridgehead atoms. The van der Waals surface area contributed by atoms with Crippen LogP contribution in [0.15, 0.2) is 42.5 Å². The minimum absolute atomic E-state index is 0.0177. The Morgan fingerprint density at radius 1 is 1.12 bits per heavy atom. The molecule has 3 rings (SSSR count). The summed E-state index contributed by atoms with van der Waals surface area (Å²) in [5.74, 6) is -0.124. The number of piperazine rings is 1. The first-order valence-electron chi connectivity index (χ1n) is 8.29. The highest BCUT2D eigenvalue weighted by Gasteiger charge is 2.22. The first-order chi connectivity index (χ1) is 12.1. The van der Waals surface area contributed by atoms with E-state index in [1.807, 2.05) is 35.2 Å². The molecule has 6 heteroatoms. The quantitative estimate of drug-likeness (QED) is 0.925. The maximum absolute atomic E-state index is 13.9. The van der Waals surface area contributed by atoms with Crippen molar-refractivity contribution in [1.29, 1.82) is 0 Å². The molecule has 1 heterocycles. The third-order valence-corrected chi connectivity index (χ3v) is 4.50. The zero-order valence-electron chi connectivity index (χ0n) is 14.2. The molecule has 0 aromatic heterocycles. The Morgan fingerprint density at radius 2 is 1.80 bits per heavy atom. The molecule has 1 amide bonds. The van der Waals surface area contributed by atoms with Crippen LogP contribution in [-0.2, 0) is 6.54 Å². The molecule has 0 radical (unpaired) electrons. The fourth-order valence-corrected chi connectivity index (χ4v) is 2.99. The van der Waals surface area contributed by atoms with Gasteiger partial charge in [-0.15, -0.1) is 0 Å². The van der Waals surface area contributed by atoms with Crippen LogP contribution in [-0.4, -0.2) is 44.1 Å². The van der Waals surface area contributed by atoms with E-state index in [1.165, 1.54) is 13.2 Å². The molecule has 2 aromatic carbocycles. The Kier molecular flexibility index (Phi) is 5.19. The number of anilines is 1. The Labute approximate surface area is 146 Å². The van der Waals surface area contributed by atoms with Crippen LogP contribution in [0, 0.1) is 5.82 Å². The standard InChI is InChI=1S/C19H22FN3O2/c1-25-18-7-6-16(12-17(18)20)22-8-10-23(11-9-22)19(24)15-4-2-14(13-21)3-5-15/h2-7,12H,8-11,13,21H2,1H3. The van der Waals surface area contributed by atoms with Crippen molar-refractivity contribution in [3.8, 4) is 5.75 Å². The molecule has 2 aromatic rings. The summed E-state index contributed by atoms with van der Waals surface area (Å²) in [7, 11) is 1.45. The number of hydrogen-bond donors (Lipinski definition) is 1. The van der Waals surface area contributed by atoms with Gasteiger partial charge >= 0.3 is 0 Å². The fraction of sp³-hybridized carbons (Fsp3) is 0.316. The minimum Gasteiger partial charge on any atom is -0.494 e. The molecular formula is C19H22FN3O2. The zero-order valence-corrected chi connectivity index (χ0v) is 14.2. The van der Waals surface area contributed by atoms with E-state index in [2.05, 4.69) is 4.90 Å². The van der Waals surface area contributed by atoms with E-state index in [9.17, 15) is 9.18 Å². The summed E-state index contributed by atoms with van der Waals surface area (Å²) in [6, 6.07) is 12.3. The average molecular weight is 343 g/mol. The molecule has 0 saturated carbocycles. The predicted octanol–water partition coefficient (Wildman–Crippen LogP) is 2.26. The number of nitrogens with zero attached hydrogens (tertiary/aromatic N) is 2. The molecule has 1 aliphatic heterocycles. The lowest BCUT2D eigenvalue weighted by Crippen LogP contribution is -2.48. The molecule has 0 aliphatic carbocycles. The van der Waals surface area contributed by atoms with Crippen LogP contribution in [0.25, 0.3) is 0 Å². The van der Waals surface area contributed by atoms with Gasteiger partial charge in [-0.2, -0.15) is 0 Å². The SMILES string of the molecule is COc1ccc(N2CCN(C(=O)c3ccc(CN)cc3)CC2)cc1F. The molecule has 1 aliphatic rings. The number of hydrogen-bond acceptors (Lipinski definition) is 4. The Morgan fingerprint density at radius 3 is 2.36 bits per heavy atom. The van der Waals surface area contributed by atoms with Crippen molar-refractivity contribution in [3.63, 3.8) is 0 Å². The summed E-state index contributed by atoms with van der Waals surface area (Å²) in [6.07, 6.45) is 0. The first kappa shape index (κ1) is 17.2. The lowest BCUT2D eigenvalue weighted by molar-refractivity contribution is 0.0746. The lowest BCUT2D eigenvalue weighted by atomic mass is 10.1. The van der Waals surface area contributed by atoms with Crippen LogP contribution in [0.4, 0.5) is 10.1 Å². The van der Waals surface area contributed by atoms with Crippen molar-refractivity contribution in [2.24, 2.45) is 5.73 Å². The normalized spacial score (nSPS) is 14.5. The van der Waals surface area contributed by atoms with Gasteiger partial charge in [-0.25, -0.2) is 4.39 Å². The number of benzene rings is 2. The highest BCUT2D eigenvalue weighted by atomic mass is 19.1. The molecule has 132 valence electrons. The molecule has 0 spiro atoms. The number of halogens is 1. The number of nitrogens with two attached hydrogens (primary N) is 1. The van der Waals surface area contributed by atoms with Gasteiger partial charge in [-0.1, -0.05) is 12.1 Å². The summed E-state index contributed by atoms with van der Waals surface area (Å²) >= 11 is 0. The highest BCUT2D eigenvalue weighted by Crippen LogP contribution is 2.24. The van der Waals surface area contributed by atoms with Crippen molar-refractivity contribution in [3.05, 3.63) is 59.4 Å². The summed E-state index contributed by atoms with van der Waals surface area (Å²) in [4.78, 5) is 16.5. The monoisotopic (exact) mass is 343 g/mol. The minimum atomic E-state index is -0.376. The van der Waals surface area contributed by atoms with E-state index in [4.69, 9.17) is 10.5 Å². The van der Waals surface area contributed by atoms with Crippen LogP contribution >= 0.6 is 0 Å². The van der Waals surface area contributed by atoms with E-state index in [1.54, 1.807) is 6.07 Å². The highest BCUT2D eigenvalue weighted by molar-refractivity contribution is 5.94. The average Bonchev–Trinajstić information content (AvgIpc) is 2.67. The van der Waals surface area contributed by atoms with Gasteiger partial charge in [-0.05, 0) is 29.8 Å². The molecule has 0 atom stereocenters. The third kappa shape index (κ3) is 3.74. The Hall–Kier alpha value is -2.60. The van der Waals surface area contributed by atoms with E-state index >= 15 is 0 Å². The summed E-state index contributed by atoms with van der Waals surface area (Å²) < 4.78 is 18.8. The second-order valence-corrected chi connectivity index (χ2v) is 6.00. The van der Waals surface area contributed by atoms with E-state index in [0.29, 0.717) is 38.3 Å². The van der Waals surface area contributed by atoms with Crippen LogP contribution in [0.5, 0.6) is 5.75 Å². The molecule has 0 unspecified atom stereocenters. The maximum atomic E-state index is 13.9. The number of carbonyl (C=O) groups is 1. The van der Waals surface area contributed by atoms with Crippen LogP contribution in [0.1, 0.15) is 15.9 Å². The van der Waals surface area contributed by atoms with Gasteiger partial charge in [-0.3, -0.25) is 4.79 Å². The van der Waals surface area contributed by atoms with Gasteiger partial charge in [0.2, 0.25) is 0 Å². The largest absolute Gasteiger partial charge is 0.494 e. The lowest BCUT2D eigenvalue weighted by Gasteiger charge is -2.36. The van der Waals surface area contributed by atoms with Gasteiger partial charge in [0, 0.05) is 50.0 Å². The van der Waals surface area contributed by atoms with Gasteiger partial charge in [0.1, 0.15) is 0 Å². The Bertz CT molecular complexity index is 741. The van der Waals surface area contributed by atoms with Crippen molar-refractivity contribution >= 4 is 11.6 Å². The molecule has 2 N–H and O–H groups in total. The van der Waals surface area contributed by atoms with Gasteiger partial charge in [0.25, 0.3) is 5.91 Å². The number of rotatable bonds is 4. The zero-order chi connectivity index (χ0) is 17.8. The number of carbonyl (C=O) groups excluding carboxylic acids is 1. The molecular weight excluding hydrogens is 321 g/mol. The van der Waals surface area contributed by atoms with Crippen LogP contribution in [0.3, 0.4) is 0 Å². The van der Waals surface area contributed by atoms with Crippen molar-refractivity contribution in [2.45, 2.75) is 6.54 Å². The first-order valence-corrected chi connectivity index (χ1v) is 8.29. The van der Waals surface area contributed by atoms with Crippen molar-refractivity contribution in [2.75, 3.05) is 38.2 Å². The predicted molar refractivity (Wildman–Crippen MR) is 95.4 cm³/mol. The van der Waals surface area contributed by atoms with E-state index in [0.717, 1.165) is 11.3 Å². The van der Waals surface area contributed by atoms with Gasteiger partial charge in [0.15, 0.2) is 11.6 Å². The van der Waals surface area contributed by atoms with Crippen LogP contribution < -0.4 is 15.4 Å². The second-order valence-electron chi connectivity index (χ2n) is 6.00. The van der Waals surface area contributed by atoms with Gasteiger partial charge in [0.05, 0.1) is 7.11 Å². The molecule has 5 nitrogen and oxygen atoms in total. The molecule has 1 fully saturated rings. The maximum Gasteiger partial charge on any atom is 0.253 e. The molecule has 1 saturated heterocycles. The second kappa shape index (κ2) is 7.53. The number of methoxy groups -OCH3 is 1. The molecule has 25 heavy (non-hydrogen) atoms. The number of amides is 1. The van der Waals surface area contributed by atoms with E-state index in [-0.39, 0.29) is 17.5 Å². The van der Waals surface area contributed by atoms with Gasteiger partial charge < -0.3 is 20.3 Å². The van der Waals surface area contributed by atoms with E-state index < -0.39 is 0 Å². The Balaban J connectivity index is 1.62.